The minimum atomic E-state index is -0.362. The Labute approximate surface area is 131 Å². The number of hydrogen-bond donors (Lipinski definition) is 0. The van der Waals surface area contributed by atoms with Gasteiger partial charge in [-0.25, -0.2) is 0 Å². The van der Waals surface area contributed by atoms with Crippen LogP contribution in [0.25, 0.3) is 0 Å². The van der Waals surface area contributed by atoms with Gasteiger partial charge in [-0.1, -0.05) is 0 Å². The van der Waals surface area contributed by atoms with E-state index in [0.717, 1.165) is 24.1 Å². The highest BCUT2D eigenvalue weighted by atomic mass is 16.5. The van der Waals surface area contributed by atoms with E-state index < -0.39 is 0 Å². The Bertz CT molecular complexity index is 563. The molecule has 122 valence electrons. The zero-order chi connectivity index (χ0) is 15.9. The molecule has 6 nitrogen and oxygen atoms in total. The molecule has 0 bridgehead atoms. The second-order valence-corrected chi connectivity index (χ2v) is 6.98. The number of rotatable bonds is 4. The fraction of sp³-hybridized carbons (Fsp3) is 0.750. The summed E-state index contributed by atoms with van der Waals surface area (Å²) in [6.07, 6.45) is 3.93. The second-order valence-electron chi connectivity index (χ2n) is 6.98. The number of nitrogens with zero attached hydrogens (tertiary/aromatic N) is 3. The molecule has 0 spiro atoms. The van der Waals surface area contributed by atoms with Crippen LogP contribution >= 0.6 is 0 Å². The molecule has 2 aliphatic rings. The number of ether oxygens (including phenoxy) is 2. The SMILES string of the molecule is COCC1CN(C(=O)c2cnn(C)c2C2CC2)CC(C)(C)O1. The monoisotopic (exact) mass is 307 g/mol. The minimum Gasteiger partial charge on any atom is -0.382 e. The average molecular weight is 307 g/mol. The number of methoxy groups -OCH3 is 1. The van der Waals surface area contributed by atoms with Crippen LogP contribution in [0.4, 0.5) is 0 Å². The molecule has 22 heavy (non-hydrogen) atoms. The van der Waals surface area contributed by atoms with Gasteiger partial charge in [0.1, 0.15) is 0 Å². The Morgan fingerprint density at radius 3 is 2.86 bits per heavy atom. The summed E-state index contributed by atoms with van der Waals surface area (Å²) in [4.78, 5) is 14.9. The van der Waals surface area contributed by atoms with Crippen LogP contribution in [0, 0.1) is 0 Å². The highest BCUT2D eigenvalue weighted by Gasteiger charge is 2.38. The Morgan fingerprint density at radius 2 is 2.23 bits per heavy atom. The van der Waals surface area contributed by atoms with Gasteiger partial charge in [0.05, 0.1) is 35.8 Å². The molecular formula is C16H25N3O3. The van der Waals surface area contributed by atoms with Gasteiger partial charge in [0.25, 0.3) is 5.91 Å². The summed E-state index contributed by atoms with van der Waals surface area (Å²) in [7, 11) is 3.57. The van der Waals surface area contributed by atoms with Gasteiger partial charge >= 0.3 is 0 Å². The van der Waals surface area contributed by atoms with Crippen molar-refractivity contribution in [2.75, 3.05) is 26.8 Å². The molecule has 1 aliphatic carbocycles. The van der Waals surface area contributed by atoms with Gasteiger partial charge in [-0.3, -0.25) is 9.48 Å². The van der Waals surface area contributed by atoms with Gasteiger partial charge < -0.3 is 14.4 Å². The molecule has 1 saturated carbocycles. The molecule has 3 rings (SSSR count). The summed E-state index contributed by atoms with van der Waals surface area (Å²) in [5.74, 6) is 0.558. The lowest BCUT2D eigenvalue weighted by Crippen LogP contribution is -2.55. The van der Waals surface area contributed by atoms with Crippen molar-refractivity contribution in [3.8, 4) is 0 Å². The lowest BCUT2D eigenvalue weighted by atomic mass is 10.0. The van der Waals surface area contributed by atoms with E-state index in [1.54, 1.807) is 13.3 Å². The molecule has 2 heterocycles. The van der Waals surface area contributed by atoms with Crippen molar-refractivity contribution in [1.29, 1.82) is 0 Å². The summed E-state index contributed by atoms with van der Waals surface area (Å²) in [6, 6.07) is 0. The van der Waals surface area contributed by atoms with E-state index in [1.165, 1.54) is 0 Å². The lowest BCUT2D eigenvalue weighted by molar-refractivity contribution is -0.143. The van der Waals surface area contributed by atoms with Crippen molar-refractivity contribution < 1.29 is 14.3 Å². The van der Waals surface area contributed by atoms with Crippen LogP contribution in [0.2, 0.25) is 0 Å². The smallest absolute Gasteiger partial charge is 0.257 e. The molecule has 2 fully saturated rings. The minimum absolute atomic E-state index is 0.0625. The van der Waals surface area contributed by atoms with E-state index in [9.17, 15) is 4.79 Å². The van der Waals surface area contributed by atoms with E-state index >= 15 is 0 Å². The van der Waals surface area contributed by atoms with Gasteiger partial charge in [0, 0.05) is 33.2 Å². The van der Waals surface area contributed by atoms with E-state index in [1.807, 2.05) is 30.5 Å². The molecule has 1 saturated heterocycles. The molecule has 0 radical (unpaired) electrons. The predicted octanol–water partition coefficient (Wildman–Crippen LogP) is 1.56. The summed E-state index contributed by atoms with van der Waals surface area (Å²) < 4.78 is 13.0. The fourth-order valence-corrected chi connectivity index (χ4v) is 3.35. The first-order chi connectivity index (χ1) is 10.4. The Morgan fingerprint density at radius 1 is 1.50 bits per heavy atom. The number of carbonyl (C=O) groups is 1. The van der Waals surface area contributed by atoms with Crippen molar-refractivity contribution in [2.45, 2.75) is 44.3 Å². The quantitative estimate of drug-likeness (QED) is 0.847. The summed E-state index contributed by atoms with van der Waals surface area (Å²) >= 11 is 0. The third-order valence-corrected chi connectivity index (χ3v) is 4.30. The fourth-order valence-electron chi connectivity index (χ4n) is 3.35. The van der Waals surface area contributed by atoms with Crippen LogP contribution in [-0.2, 0) is 16.5 Å². The number of carbonyl (C=O) groups excluding carboxylic acids is 1. The first-order valence-corrected chi connectivity index (χ1v) is 7.89. The Balaban J connectivity index is 1.81. The predicted molar refractivity (Wildman–Crippen MR) is 81.9 cm³/mol. The van der Waals surface area contributed by atoms with Gasteiger partial charge in [-0.2, -0.15) is 5.10 Å². The molecule has 6 heteroatoms. The Kier molecular flexibility index (Phi) is 3.99. The highest BCUT2D eigenvalue weighted by molar-refractivity contribution is 5.95. The molecule has 0 N–H and O–H groups in total. The average Bonchev–Trinajstić information content (AvgIpc) is 3.19. The third kappa shape index (κ3) is 3.03. The first-order valence-electron chi connectivity index (χ1n) is 7.89. The van der Waals surface area contributed by atoms with Crippen molar-refractivity contribution in [3.05, 3.63) is 17.5 Å². The maximum Gasteiger partial charge on any atom is 0.257 e. The van der Waals surface area contributed by atoms with Crippen LogP contribution in [0.5, 0.6) is 0 Å². The maximum absolute atomic E-state index is 13.0. The zero-order valence-corrected chi connectivity index (χ0v) is 13.8. The summed E-state index contributed by atoms with van der Waals surface area (Å²) in [5, 5.41) is 4.30. The number of hydrogen-bond acceptors (Lipinski definition) is 4. The summed E-state index contributed by atoms with van der Waals surface area (Å²) in [5.41, 5.74) is 1.47. The molecule has 1 unspecified atom stereocenters. The molecule has 1 aromatic rings. The van der Waals surface area contributed by atoms with Gasteiger partial charge in [0.15, 0.2) is 0 Å². The van der Waals surface area contributed by atoms with Crippen molar-refractivity contribution >= 4 is 5.91 Å². The van der Waals surface area contributed by atoms with Crippen LogP contribution in [-0.4, -0.2) is 59.1 Å². The van der Waals surface area contributed by atoms with Crippen LogP contribution in [0.15, 0.2) is 6.20 Å². The highest BCUT2D eigenvalue weighted by Crippen LogP contribution is 2.41. The molecule has 1 amide bonds. The third-order valence-electron chi connectivity index (χ3n) is 4.30. The van der Waals surface area contributed by atoms with Crippen molar-refractivity contribution in [1.82, 2.24) is 14.7 Å². The topological polar surface area (TPSA) is 56.6 Å². The normalized spacial score (nSPS) is 24.5. The molecule has 1 aliphatic heterocycles. The van der Waals surface area contributed by atoms with Crippen molar-refractivity contribution in [3.63, 3.8) is 0 Å². The first kappa shape index (κ1) is 15.5. The van der Waals surface area contributed by atoms with Crippen LogP contribution in [0.3, 0.4) is 0 Å². The lowest BCUT2D eigenvalue weighted by Gasteiger charge is -2.42. The molecule has 1 aromatic heterocycles. The number of morpholine rings is 1. The zero-order valence-electron chi connectivity index (χ0n) is 13.8. The maximum atomic E-state index is 13.0. The molecular weight excluding hydrogens is 282 g/mol. The van der Waals surface area contributed by atoms with E-state index in [2.05, 4.69) is 5.10 Å². The Hall–Kier alpha value is -1.40. The largest absolute Gasteiger partial charge is 0.382 e. The van der Waals surface area contributed by atoms with Gasteiger partial charge in [-0.15, -0.1) is 0 Å². The van der Waals surface area contributed by atoms with E-state index in [-0.39, 0.29) is 17.6 Å². The summed E-state index contributed by atoms with van der Waals surface area (Å²) in [6.45, 7) is 5.68. The number of aromatic nitrogens is 2. The van der Waals surface area contributed by atoms with E-state index in [4.69, 9.17) is 9.47 Å². The van der Waals surface area contributed by atoms with Crippen LogP contribution in [0.1, 0.15) is 48.7 Å². The second kappa shape index (κ2) is 5.66. The number of aryl methyl sites for hydroxylation is 1. The standard InChI is InChI=1S/C16H25N3O3/c1-16(2)10-19(8-12(22-16)9-21-4)15(20)13-7-17-18(3)14(13)11-5-6-11/h7,11-12H,5-6,8-10H2,1-4H3. The van der Waals surface area contributed by atoms with Crippen LogP contribution < -0.4 is 0 Å². The molecule has 1 atom stereocenters. The van der Waals surface area contributed by atoms with E-state index in [0.29, 0.717) is 25.6 Å². The van der Waals surface area contributed by atoms with Gasteiger partial charge in [0.2, 0.25) is 0 Å². The molecule has 0 aromatic carbocycles. The number of amides is 1. The van der Waals surface area contributed by atoms with Crippen molar-refractivity contribution in [2.24, 2.45) is 7.05 Å². The van der Waals surface area contributed by atoms with Gasteiger partial charge in [-0.05, 0) is 26.7 Å².